The number of nitrogens with zero attached hydrogens (tertiary/aromatic N) is 7. The van der Waals surface area contributed by atoms with Crippen LogP contribution in [0.3, 0.4) is 0 Å². The molecule has 0 spiro atoms. The van der Waals surface area contributed by atoms with E-state index in [4.69, 9.17) is 9.72 Å². The zero-order valence-corrected chi connectivity index (χ0v) is 26.4. The first-order chi connectivity index (χ1) is 20.7. The van der Waals surface area contributed by atoms with Gasteiger partial charge in [0.15, 0.2) is 0 Å². The highest BCUT2D eigenvalue weighted by atomic mass is 79.9. The van der Waals surface area contributed by atoms with Crippen molar-refractivity contribution < 1.29 is 22.7 Å². The van der Waals surface area contributed by atoms with Crippen molar-refractivity contribution in [3.05, 3.63) is 91.2 Å². The first kappa shape index (κ1) is 31.4. The smallest absolute Gasteiger partial charge is 0.417 e. The Hall–Kier alpha value is -4.04. The van der Waals surface area contributed by atoms with E-state index in [9.17, 15) is 22.8 Å². The number of alkyl halides is 3. The van der Waals surface area contributed by atoms with Gasteiger partial charge in [-0.3, -0.25) is 9.59 Å². The molecule has 0 aliphatic carbocycles. The van der Waals surface area contributed by atoms with Crippen molar-refractivity contribution in [1.82, 2.24) is 34.1 Å². The van der Waals surface area contributed by atoms with Crippen LogP contribution in [0.5, 0.6) is 5.88 Å². The molecule has 10 nitrogen and oxygen atoms in total. The van der Waals surface area contributed by atoms with E-state index in [-0.39, 0.29) is 34.5 Å². The molecule has 0 N–H and O–H groups in total. The molecule has 0 saturated carbocycles. The fourth-order valence-corrected chi connectivity index (χ4v) is 5.56. The minimum Gasteiger partial charge on any atom is -0.476 e. The van der Waals surface area contributed by atoms with Crippen molar-refractivity contribution in [3.8, 4) is 17.5 Å². The highest BCUT2D eigenvalue weighted by Crippen LogP contribution is 2.36. The molecule has 5 rings (SSSR count). The maximum absolute atomic E-state index is 14.1. The molecule has 1 aliphatic heterocycles. The summed E-state index contributed by atoms with van der Waals surface area (Å²) in [7, 11) is 3.88. The van der Waals surface area contributed by atoms with Crippen molar-refractivity contribution in [1.29, 1.82) is 0 Å². The van der Waals surface area contributed by atoms with Crippen LogP contribution in [0.15, 0.2) is 51.9 Å². The minimum atomic E-state index is -4.64. The molecule has 0 fully saturated rings. The Bertz CT molecular complexity index is 1770. The van der Waals surface area contributed by atoms with Crippen LogP contribution < -0.4 is 10.3 Å². The summed E-state index contributed by atoms with van der Waals surface area (Å²) in [5, 5.41) is 4.54. The number of rotatable bonds is 7. The minimum absolute atomic E-state index is 0.0635. The lowest BCUT2D eigenvalue weighted by Gasteiger charge is -2.34. The van der Waals surface area contributed by atoms with Crippen molar-refractivity contribution in [2.45, 2.75) is 46.0 Å². The van der Waals surface area contributed by atoms with Gasteiger partial charge in [0.1, 0.15) is 6.61 Å². The van der Waals surface area contributed by atoms with Crippen molar-refractivity contribution in [3.63, 3.8) is 0 Å². The molecule has 0 radical (unpaired) electrons. The third-order valence-electron chi connectivity index (χ3n) is 7.34. The molecule has 3 aromatic heterocycles. The number of likely N-dealkylation sites (N-methyl/N-ethyl adjacent to an activating group) is 1. The monoisotopic (exact) mass is 673 g/mol. The van der Waals surface area contributed by atoms with Gasteiger partial charge in [-0.05, 0) is 71.6 Å². The van der Waals surface area contributed by atoms with Crippen molar-refractivity contribution >= 4 is 21.8 Å². The summed E-state index contributed by atoms with van der Waals surface area (Å²) in [6.07, 6.45) is -2.95. The molecule has 4 heterocycles. The normalized spacial score (nSPS) is 15.0. The number of halogens is 4. The van der Waals surface area contributed by atoms with Crippen LogP contribution in [0.4, 0.5) is 13.2 Å². The van der Waals surface area contributed by atoms with Crippen LogP contribution in [0.25, 0.3) is 11.6 Å². The molecule has 14 heteroatoms. The van der Waals surface area contributed by atoms with Crippen molar-refractivity contribution in [2.24, 2.45) is 0 Å². The predicted molar refractivity (Wildman–Crippen MR) is 160 cm³/mol. The quantitative estimate of drug-likeness (QED) is 0.280. The van der Waals surface area contributed by atoms with Gasteiger partial charge in [0.05, 0.1) is 35.4 Å². The Morgan fingerprint density at radius 1 is 1.16 bits per heavy atom. The highest BCUT2D eigenvalue weighted by molar-refractivity contribution is 9.10. The molecule has 1 atom stereocenters. The van der Waals surface area contributed by atoms with Crippen molar-refractivity contribution in [2.75, 3.05) is 27.2 Å². The number of hydrogen-bond acceptors (Lipinski definition) is 7. The summed E-state index contributed by atoms with van der Waals surface area (Å²) in [5.74, 6) is 0.0212. The fraction of sp³-hybridized carbons (Fsp3) is 0.367. The average molecular weight is 675 g/mol. The zero-order chi connectivity index (χ0) is 31.9. The molecule has 0 bridgehead atoms. The van der Waals surface area contributed by atoms with Gasteiger partial charge in [-0.25, -0.2) is 19.2 Å². The highest BCUT2D eigenvalue weighted by Gasteiger charge is 2.36. The van der Waals surface area contributed by atoms with E-state index in [0.29, 0.717) is 41.7 Å². The fourth-order valence-electron chi connectivity index (χ4n) is 5.09. The van der Waals surface area contributed by atoms with E-state index in [2.05, 4.69) is 26.0 Å². The summed E-state index contributed by atoms with van der Waals surface area (Å²) in [5.41, 5.74) is 1.26. The number of carbonyl (C=O) groups is 1. The SMILES string of the molecule is Cc1cc(C)n(-c2nc3c(c(=O)n2-c2ccc(OCCN(C)C)nc2)CC(C)N(C(=O)c2ccc(Br)c(C(F)(F)F)c2)C3)n1. The lowest BCUT2D eigenvalue weighted by molar-refractivity contribution is -0.138. The van der Waals surface area contributed by atoms with Gasteiger partial charge in [0.25, 0.3) is 11.5 Å². The molecular formula is C30H31BrF3N7O3. The number of ether oxygens (including phenoxy) is 1. The van der Waals surface area contributed by atoms with E-state index in [1.807, 2.05) is 38.9 Å². The summed E-state index contributed by atoms with van der Waals surface area (Å²) >= 11 is 2.92. The van der Waals surface area contributed by atoms with Gasteiger partial charge in [-0.1, -0.05) is 15.9 Å². The maximum atomic E-state index is 14.1. The molecule has 1 aliphatic rings. The third-order valence-corrected chi connectivity index (χ3v) is 8.03. The predicted octanol–water partition coefficient (Wildman–Crippen LogP) is 4.74. The largest absolute Gasteiger partial charge is 0.476 e. The summed E-state index contributed by atoms with van der Waals surface area (Å²) in [6, 6.07) is 8.15. The van der Waals surface area contributed by atoms with E-state index in [0.717, 1.165) is 11.8 Å². The Labute approximate surface area is 260 Å². The Balaban J connectivity index is 1.56. The number of aromatic nitrogens is 5. The Kier molecular flexibility index (Phi) is 8.67. The van der Waals surface area contributed by atoms with Crippen LogP contribution in [-0.2, 0) is 19.1 Å². The van der Waals surface area contributed by atoms with E-state index >= 15 is 0 Å². The second-order valence-corrected chi connectivity index (χ2v) is 11.9. The topological polar surface area (TPSA) is 98.4 Å². The van der Waals surface area contributed by atoms with E-state index < -0.39 is 23.7 Å². The lowest BCUT2D eigenvalue weighted by Crippen LogP contribution is -2.46. The van der Waals surface area contributed by atoms with Crippen LogP contribution in [0.2, 0.25) is 0 Å². The number of fused-ring (bicyclic) bond motifs is 1. The molecule has 1 aromatic carbocycles. The molecule has 232 valence electrons. The number of amides is 1. The van der Waals surface area contributed by atoms with Gasteiger partial charge < -0.3 is 14.5 Å². The maximum Gasteiger partial charge on any atom is 0.417 e. The van der Waals surface area contributed by atoms with Gasteiger partial charge in [-0.15, -0.1) is 0 Å². The van der Waals surface area contributed by atoms with E-state index in [1.165, 1.54) is 27.8 Å². The lowest BCUT2D eigenvalue weighted by atomic mass is 9.98. The third kappa shape index (κ3) is 6.27. The summed E-state index contributed by atoms with van der Waals surface area (Å²) in [4.78, 5) is 40.3. The first-order valence-electron chi connectivity index (χ1n) is 13.8. The molecule has 44 heavy (non-hydrogen) atoms. The number of benzene rings is 1. The van der Waals surface area contributed by atoms with Gasteiger partial charge >= 0.3 is 6.18 Å². The Morgan fingerprint density at radius 3 is 2.52 bits per heavy atom. The zero-order valence-electron chi connectivity index (χ0n) is 24.8. The van der Waals surface area contributed by atoms with Crippen LogP contribution in [-0.4, -0.2) is 73.3 Å². The second kappa shape index (κ2) is 12.2. The molecule has 1 unspecified atom stereocenters. The van der Waals surface area contributed by atoms with E-state index in [1.54, 1.807) is 23.7 Å². The number of pyridine rings is 1. The number of hydrogen-bond donors (Lipinski definition) is 0. The molecule has 0 saturated heterocycles. The number of carbonyl (C=O) groups excluding carboxylic acids is 1. The van der Waals surface area contributed by atoms with Crippen LogP contribution in [0, 0.1) is 13.8 Å². The molecule has 4 aromatic rings. The summed E-state index contributed by atoms with van der Waals surface area (Å²) < 4.78 is 49.2. The van der Waals surface area contributed by atoms with Gasteiger partial charge in [-0.2, -0.15) is 18.3 Å². The second-order valence-electron chi connectivity index (χ2n) is 11.0. The standard InChI is InChI=1S/C30H31BrF3N7O3/c1-17-12-19(3)41(37-17)29-36-25-16-39(27(42)20-6-8-24(31)23(14-20)30(32,33)34)18(2)13-22(25)28(43)40(29)21-7-9-26(35-15-21)44-11-10-38(4)5/h6-9,12,14-15,18H,10-11,13,16H2,1-5H3. The summed E-state index contributed by atoms with van der Waals surface area (Å²) in [6.45, 7) is 6.50. The Morgan fingerprint density at radius 2 is 1.91 bits per heavy atom. The van der Waals surface area contributed by atoms with Gasteiger partial charge in [0.2, 0.25) is 11.8 Å². The van der Waals surface area contributed by atoms with Crippen LogP contribution >= 0.6 is 15.9 Å². The average Bonchev–Trinajstić information content (AvgIpc) is 3.30. The van der Waals surface area contributed by atoms with Gasteiger partial charge in [0, 0.05) is 39.9 Å². The molecule has 1 amide bonds. The number of aryl methyl sites for hydroxylation is 2. The van der Waals surface area contributed by atoms with Crippen LogP contribution in [0.1, 0.15) is 45.5 Å². The first-order valence-corrected chi connectivity index (χ1v) is 14.6. The molecular weight excluding hydrogens is 643 g/mol.